The van der Waals surface area contributed by atoms with Crippen LogP contribution in [0.3, 0.4) is 0 Å². The molecular weight excluding hydrogens is 264 g/mol. The van der Waals surface area contributed by atoms with Crippen molar-refractivity contribution in [3.63, 3.8) is 0 Å². The fourth-order valence-electron chi connectivity index (χ4n) is 4.68. The van der Waals surface area contributed by atoms with Crippen molar-refractivity contribution in [2.75, 3.05) is 0 Å². The molecule has 0 aliphatic heterocycles. The van der Waals surface area contributed by atoms with Crippen LogP contribution < -0.4 is 0 Å². The highest BCUT2D eigenvalue weighted by Gasteiger charge is 2.42. The Kier molecular flexibility index (Phi) is 2.88. The normalized spacial score (nSPS) is 28.4. The Balaban J connectivity index is 1.84. The fraction of sp³-hybridized carbons (Fsp3) is 0.364. The first-order valence-electron chi connectivity index (χ1n) is 8.38. The Bertz CT molecular complexity index is 756. The minimum absolute atomic E-state index is 0.311. The van der Waals surface area contributed by atoms with Gasteiger partial charge in [-0.05, 0) is 79.4 Å². The Morgan fingerprint density at radius 1 is 1.18 bits per heavy atom. The molecule has 0 heteroatoms. The molecule has 0 N–H and O–H groups in total. The summed E-state index contributed by atoms with van der Waals surface area (Å²) in [4.78, 5) is 0. The molecule has 0 amide bonds. The summed E-state index contributed by atoms with van der Waals surface area (Å²) in [6, 6.07) is 7.17. The molecule has 2 bridgehead atoms. The molecule has 1 saturated carbocycles. The van der Waals surface area contributed by atoms with E-state index in [9.17, 15) is 0 Å². The van der Waals surface area contributed by atoms with Crippen molar-refractivity contribution in [2.45, 2.75) is 44.9 Å². The summed E-state index contributed by atoms with van der Waals surface area (Å²) in [6.07, 6.45) is 9.90. The van der Waals surface area contributed by atoms with Crippen molar-refractivity contribution >= 4 is 5.57 Å². The van der Waals surface area contributed by atoms with E-state index in [-0.39, 0.29) is 0 Å². The van der Waals surface area contributed by atoms with Crippen molar-refractivity contribution in [3.05, 3.63) is 76.9 Å². The predicted octanol–water partition coefficient (Wildman–Crippen LogP) is 5.76. The molecular formula is C22H24. The molecule has 2 atom stereocenters. The minimum Gasteiger partial charge on any atom is -0.0958 e. The van der Waals surface area contributed by atoms with E-state index in [4.69, 9.17) is 0 Å². The number of allylic oxidation sites excluding steroid dienone is 6. The first kappa shape index (κ1) is 13.8. The van der Waals surface area contributed by atoms with E-state index in [1.807, 2.05) is 0 Å². The van der Waals surface area contributed by atoms with Gasteiger partial charge in [0.2, 0.25) is 0 Å². The van der Waals surface area contributed by atoms with Crippen LogP contribution in [0.2, 0.25) is 0 Å². The molecule has 0 aromatic heterocycles. The van der Waals surface area contributed by atoms with Crippen molar-refractivity contribution in [1.29, 1.82) is 0 Å². The molecule has 0 radical (unpaired) electrons. The third kappa shape index (κ3) is 1.83. The van der Waals surface area contributed by atoms with E-state index >= 15 is 0 Å². The molecule has 1 aromatic carbocycles. The van der Waals surface area contributed by atoms with E-state index in [2.05, 4.69) is 57.4 Å². The first-order valence-corrected chi connectivity index (χ1v) is 8.38. The van der Waals surface area contributed by atoms with Crippen LogP contribution in [0.5, 0.6) is 0 Å². The summed E-state index contributed by atoms with van der Waals surface area (Å²) in [7, 11) is 0. The highest BCUT2D eigenvalue weighted by atomic mass is 14.5. The third-order valence-electron chi connectivity index (χ3n) is 5.84. The average molecular weight is 288 g/mol. The zero-order valence-corrected chi connectivity index (χ0v) is 13.7. The Morgan fingerprint density at radius 2 is 2.00 bits per heavy atom. The summed E-state index contributed by atoms with van der Waals surface area (Å²) in [5, 5.41) is 0. The lowest BCUT2D eigenvalue weighted by Crippen LogP contribution is -2.17. The molecule has 3 aliphatic rings. The summed E-state index contributed by atoms with van der Waals surface area (Å²) in [5.74, 6) is 0.815. The monoisotopic (exact) mass is 288 g/mol. The molecule has 4 rings (SSSR count). The molecule has 0 spiro atoms. The van der Waals surface area contributed by atoms with Crippen molar-refractivity contribution in [1.82, 2.24) is 0 Å². The number of benzene rings is 1. The molecule has 1 fully saturated rings. The van der Waals surface area contributed by atoms with Crippen LogP contribution in [-0.4, -0.2) is 0 Å². The Morgan fingerprint density at radius 3 is 2.55 bits per heavy atom. The highest BCUT2D eigenvalue weighted by Crippen LogP contribution is 2.52. The summed E-state index contributed by atoms with van der Waals surface area (Å²) >= 11 is 0. The fourth-order valence-corrected chi connectivity index (χ4v) is 4.68. The van der Waals surface area contributed by atoms with E-state index < -0.39 is 0 Å². The number of rotatable bonds is 3. The Hall–Kier alpha value is -1.82. The second kappa shape index (κ2) is 4.59. The molecule has 22 heavy (non-hydrogen) atoms. The van der Waals surface area contributed by atoms with Crippen LogP contribution in [0.4, 0.5) is 0 Å². The van der Waals surface area contributed by atoms with Crippen molar-refractivity contribution < 1.29 is 0 Å². The van der Waals surface area contributed by atoms with Crippen LogP contribution in [-0.2, 0) is 11.8 Å². The molecule has 3 aliphatic carbocycles. The quantitative estimate of drug-likeness (QED) is 0.621. The topological polar surface area (TPSA) is 0 Å². The zero-order chi connectivity index (χ0) is 15.5. The van der Waals surface area contributed by atoms with Crippen LogP contribution in [0.15, 0.2) is 60.2 Å². The predicted molar refractivity (Wildman–Crippen MR) is 94.9 cm³/mol. The van der Waals surface area contributed by atoms with Gasteiger partial charge in [-0.25, -0.2) is 0 Å². The first-order chi connectivity index (χ1) is 10.5. The second-order valence-corrected chi connectivity index (χ2v) is 7.48. The summed E-state index contributed by atoms with van der Waals surface area (Å²) in [6.45, 7) is 12.6. The van der Waals surface area contributed by atoms with Gasteiger partial charge in [0.1, 0.15) is 0 Å². The van der Waals surface area contributed by atoms with Gasteiger partial charge in [0, 0.05) is 5.41 Å². The van der Waals surface area contributed by atoms with Gasteiger partial charge in [0.25, 0.3) is 0 Å². The molecule has 0 heterocycles. The Labute approximate surface area is 133 Å². The van der Waals surface area contributed by atoms with Crippen LogP contribution in [0.1, 0.15) is 49.8 Å². The van der Waals surface area contributed by atoms with Crippen molar-refractivity contribution in [3.8, 4) is 0 Å². The molecule has 0 nitrogen and oxygen atoms in total. The average Bonchev–Trinajstić information content (AvgIpc) is 3.18. The van der Waals surface area contributed by atoms with Crippen molar-refractivity contribution in [2.24, 2.45) is 5.92 Å². The van der Waals surface area contributed by atoms with Crippen LogP contribution >= 0.6 is 0 Å². The summed E-state index contributed by atoms with van der Waals surface area (Å²) in [5.41, 5.74) is 9.72. The molecule has 2 unspecified atom stereocenters. The number of hydrogen-bond donors (Lipinski definition) is 0. The smallest absolute Gasteiger partial charge is 0.0138 e. The van der Waals surface area contributed by atoms with Crippen LogP contribution in [0.25, 0.3) is 5.57 Å². The number of hydrogen-bond acceptors (Lipinski definition) is 0. The molecule has 112 valence electrons. The maximum absolute atomic E-state index is 4.23. The molecule has 1 aromatic rings. The second-order valence-electron chi connectivity index (χ2n) is 7.48. The van der Waals surface area contributed by atoms with Gasteiger partial charge in [-0.2, -0.15) is 0 Å². The van der Waals surface area contributed by atoms with Gasteiger partial charge in [0.15, 0.2) is 0 Å². The zero-order valence-electron chi connectivity index (χ0n) is 13.7. The van der Waals surface area contributed by atoms with Gasteiger partial charge >= 0.3 is 0 Å². The standard InChI is InChI=1S/C22H24/c1-14(2)19-11-17-5-6-18(12-20(17)21(19)15(3)4)22-9-7-16(13-22)8-10-22/h5-7,9,12,16H,1,3,8,10-11,13H2,2,4H3. The SMILES string of the molecule is C=C(C)C1=C(C(=C)C)c2cc(C34C=CC(CC3)C4)ccc2C1. The van der Waals surface area contributed by atoms with E-state index in [0.717, 1.165) is 17.9 Å². The third-order valence-corrected chi connectivity index (χ3v) is 5.84. The summed E-state index contributed by atoms with van der Waals surface area (Å²) < 4.78 is 0. The maximum Gasteiger partial charge on any atom is 0.0138 e. The van der Waals surface area contributed by atoms with Gasteiger partial charge in [-0.1, -0.05) is 48.6 Å². The maximum atomic E-state index is 4.23. The highest BCUT2D eigenvalue weighted by molar-refractivity contribution is 5.88. The van der Waals surface area contributed by atoms with Crippen LogP contribution in [0, 0.1) is 5.92 Å². The number of fused-ring (bicyclic) bond motifs is 3. The lowest BCUT2D eigenvalue weighted by molar-refractivity contribution is 0.567. The largest absolute Gasteiger partial charge is 0.0958 e. The van der Waals surface area contributed by atoms with E-state index in [0.29, 0.717) is 5.41 Å². The minimum atomic E-state index is 0.311. The van der Waals surface area contributed by atoms with Gasteiger partial charge in [-0.15, -0.1) is 0 Å². The van der Waals surface area contributed by atoms with Gasteiger partial charge in [0.05, 0.1) is 0 Å². The van der Waals surface area contributed by atoms with Gasteiger partial charge < -0.3 is 0 Å². The van der Waals surface area contributed by atoms with E-state index in [1.165, 1.54) is 52.7 Å². The van der Waals surface area contributed by atoms with Gasteiger partial charge in [-0.3, -0.25) is 0 Å². The van der Waals surface area contributed by atoms with E-state index in [1.54, 1.807) is 0 Å². The lowest BCUT2D eigenvalue weighted by atomic mass is 9.79. The lowest BCUT2D eigenvalue weighted by Gasteiger charge is -2.25. The molecule has 0 saturated heterocycles.